The van der Waals surface area contributed by atoms with Gasteiger partial charge in [0.05, 0.1) is 7.11 Å². The van der Waals surface area contributed by atoms with Crippen molar-refractivity contribution in [2.45, 2.75) is 19.8 Å². The number of hydrogen-bond acceptors (Lipinski definition) is 2. The molecule has 0 aromatic heterocycles. The fourth-order valence-corrected chi connectivity index (χ4v) is 0.250. The van der Waals surface area contributed by atoms with Gasteiger partial charge in [0.15, 0.2) is 0 Å². The molecule has 58 valence electrons. The summed E-state index contributed by atoms with van der Waals surface area (Å²) < 4.78 is 4.14. The highest BCUT2D eigenvalue weighted by Crippen LogP contribution is 2.26. The summed E-state index contributed by atoms with van der Waals surface area (Å²) in [5, 5.41) is 0. The van der Waals surface area contributed by atoms with Crippen LogP contribution in [0.25, 0.3) is 0 Å². The molecular weight excluding hydrogens is 128 g/mol. The fraction of sp³-hybridized carbons (Fsp3) is 0.625. The standard InChI is InChI=1S/C4H6O2.C4H8/c1-3-4(5)6-2;1-4-2-3-4/h3H,1H2,2H3;4H,2-3H2,1H3. The number of carbonyl (C=O) groups excluding carboxylic acids is 1. The summed E-state index contributed by atoms with van der Waals surface area (Å²) in [4.78, 5) is 9.84. The molecule has 1 saturated carbocycles. The Morgan fingerprint density at radius 1 is 1.70 bits per heavy atom. The van der Waals surface area contributed by atoms with Crippen molar-refractivity contribution >= 4 is 5.97 Å². The molecule has 1 aliphatic rings. The van der Waals surface area contributed by atoms with Gasteiger partial charge < -0.3 is 4.74 Å². The fourth-order valence-electron chi connectivity index (χ4n) is 0.250. The number of hydrogen-bond donors (Lipinski definition) is 0. The smallest absolute Gasteiger partial charge is 0.329 e. The average Bonchev–Trinajstić information content (AvgIpc) is 2.71. The minimum Gasteiger partial charge on any atom is -0.466 e. The minimum atomic E-state index is -0.394. The van der Waals surface area contributed by atoms with Crippen LogP contribution in [0, 0.1) is 5.92 Å². The second-order valence-corrected chi connectivity index (χ2v) is 2.41. The molecule has 0 bridgehead atoms. The lowest BCUT2D eigenvalue weighted by Gasteiger charge is -1.83. The van der Waals surface area contributed by atoms with Gasteiger partial charge in [-0.25, -0.2) is 4.79 Å². The quantitative estimate of drug-likeness (QED) is 0.412. The van der Waals surface area contributed by atoms with Crippen LogP contribution in [0.2, 0.25) is 0 Å². The Labute approximate surface area is 61.9 Å². The van der Waals surface area contributed by atoms with Crippen LogP contribution in [0.1, 0.15) is 19.8 Å². The molecule has 0 aromatic rings. The molecule has 0 amide bonds. The van der Waals surface area contributed by atoms with Crippen molar-refractivity contribution in [3.8, 4) is 0 Å². The number of esters is 1. The van der Waals surface area contributed by atoms with Crippen molar-refractivity contribution in [1.29, 1.82) is 0 Å². The second kappa shape index (κ2) is 5.03. The van der Waals surface area contributed by atoms with Gasteiger partial charge in [-0.15, -0.1) is 0 Å². The van der Waals surface area contributed by atoms with E-state index in [9.17, 15) is 4.79 Å². The Bertz CT molecular complexity index is 114. The van der Waals surface area contributed by atoms with Crippen LogP contribution in [0.5, 0.6) is 0 Å². The van der Waals surface area contributed by atoms with E-state index < -0.39 is 5.97 Å². The first kappa shape index (κ1) is 9.21. The molecule has 0 radical (unpaired) electrons. The normalized spacial score (nSPS) is 14.6. The molecular formula is C8H14O2. The van der Waals surface area contributed by atoms with E-state index in [0.29, 0.717) is 0 Å². The molecule has 0 atom stereocenters. The van der Waals surface area contributed by atoms with Crippen LogP contribution < -0.4 is 0 Å². The summed E-state index contributed by atoms with van der Waals surface area (Å²) in [6.45, 7) is 5.43. The van der Waals surface area contributed by atoms with Crippen molar-refractivity contribution in [3.63, 3.8) is 0 Å². The van der Waals surface area contributed by atoms with E-state index in [2.05, 4.69) is 18.2 Å². The lowest BCUT2D eigenvalue weighted by Crippen LogP contribution is -1.91. The summed E-state index contributed by atoms with van der Waals surface area (Å²) in [6.07, 6.45) is 4.08. The van der Waals surface area contributed by atoms with Gasteiger partial charge in [0, 0.05) is 6.08 Å². The van der Waals surface area contributed by atoms with Gasteiger partial charge >= 0.3 is 5.97 Å². The van der Waals surface area contributed by atoms with Crippen molar-refractivity contribution in [3.05, 3.63) is 12.7 Å². The number of methoxy groups -OCH3 is 1. The summed E-state index contributed by atoms with van der Waals surface area (Å²) in [5.74, 6) is 0.690. The Morgan fingerprint density at radius 3 is 2.10 bits per heavy atom. The average molecular weight is 142 g/mol. The molecule has 1 fully saturated rings. The lowest BCUT2D eigenvalue weighted by atomic mass is 10.5. The number of carbonyl (C=O) groups is 1. The molecule has 2 nitrogen and oxygen atoms in total. The first-order valence-corrected chi connectivity index (χ1v) is 3.41. The van der Waals surface area contributed by atoms with Crippen molar-refractivity contribution in [2.75, 3.05) is 7.11 Å². The van der Waals surface area contributed by atoms with Gasteiger partial charge in [-0.05, 0) is 5.92 Å². The van der Waals surface area contributed by atoms with Gasteiger partial charge in [0.25, 0.3) is 0 Å². The van der Waals surface area contributed by atoms with Crippen LogP contribution in [-0.4, -0.2) is 13.1 Å². The highest BCUT2D eigenvalue weighted by molar-refractivity contribution is 5.80. The lowest BCUT2D eigenvalue weighted by molar-refractivity contribution is -0.134. The Kier molecular flexibility index (Phi) is 4.63. The zero-order valence-corrected chi connectivity index (χ0v) is 6.59. The maximum Gasteiger partial charge on any atom is 0.329 e. The summed E-state index contributed by atoms with van der Waals surface area (Å²) in [7, 11) is 1.31. The van der Waals surface area contributed by atoms with Crippen molar-refractivity contribution in [2.24, 2.45) is 5.92 Å². The first-order valence-electron chi connectivity index (χ1n) is 3.41. The van der Waals surface area contributed by atoms with Gasteiger partial charge in [-0.2, -0.15) is 0 Å². The van der Waals surface area contributed by atoms with E-state index in [4.69, 9.17) is 0 Å². The molecule has 1 aliphatic carbocycles. The largest absolute Gasteiger partial charge is 0.466 e. The van der Waals surface area contributed by atoms with Crippen molar-refractivity contribution in [1.82, 2.24) is 0 Å². The summed E-state index contributed by atoms with van der Waals surface area (Å²) >= 11 is 0. The van der Waals surface area contributed by atoms with Gasteiger partial charge in [-0.1, -0.05) is 26.3 Å². The van der Waals surface area contributed by atoms with Crippen LogP contribution in [0.3, 0.4) is 0 Å². The van der Waals surface area contributed by atoms with Gasteiger partial charge in [-0.3, -0.25) is 0 Å². The zero-order valence-electron chi connectivity index (χ0n) is 6.59. The van der Waals surface area contributed by atoms with Gasteiger partial charge in [0.1, 0.15) is 0 Å². The number of rotatable bonds is 1. The Morgan fingerprint density at radius 2 is 2.10 bits per heavy atom. The topological polar surface area (TPSA) is 26.3 Å². The van der Waals surface area contributed by atoms with E-state index in [0.717, 1.165) is 12.0 Å². The van der Waals surface area contributed by atoms with Crippen LogP contribution >= 0.6 is 0 Å². The number of ether oxygens (including phenoxy) is 1. The summed E-state index contributed by atoms with van der Waals surface area (Å²) in [6, 6.07) is 0. The molecule has 0 unspecified atom stereocenters. The van der Waals surface area contributed by atoms with Crippen LogP contribution in [0.15, 0.2) is 12.7 Å². The third-order valence-electron chi connectivity index (χ3n) is 1.23. The molecule has 10 heavy (non-hydrogen) atoms. The highest BCUT2D eigenvalue weighted by atomic mass is 16.5. The maximum absolute atomic E-state index is 9.84. The highest BCUT2D eigenvalue weighted by Gasteiger charge is 2.12. The molecule has 0 aromatic carbocycles. The first-order chi connectivity index (χ1) is 4.70. The van der Waals surface area contributed by atoms with Crippen LogP contribution in [-0.2, 0) is 9.53 Å². The van der Waals surface area contributed by atoms with Gasteiger partial charge in [0.2, 0.25) is 0 Å². The SMILES string of the molecule is C=CC(=O)OC.CC1CC1. The van der Waals surface area contributed by atoms with E-state index in [1.54, 1.807) is 0 Å². The predicted molar refractivity (Wildman–Crippen MR) is 40.6 cm³/mol. The van der Waals surface area contributed by atoms with Crippen LogP contribution in [0.4, 0.5) is 0 Å². The Hall–Kier alpha value is -0.790. The molecule has 1 rings (SSSR count). The molecule has 2 heteroatoms. The Balaban J connectivity index is 0.000000172. The third-order valence-corrected chi connectivity index (χ3v) is 1.23. The third kappa shape index (κ3) is 7.21. The minimum absolute atomic E-state index is 0.394. The van der Waals surface area contributed by atoms with E-state index in [1.165, 1.54) is 20.0 Å². The molecule has 0 spiro atoms. The predicted octanol–water partition coefficient (Wildman–Crippen LogP) is 1.76. The van der Waals surface area contributed by atoms with E-state index >= 15 is 0 Å². The second-order valence-electron chi connectivity index (χ2n) is 2.41. The van der Waals surface area contributed by atoms with Crippen molar-refractivity contribution < 1.29 is 9.53 Å². The molecule has 0 saturated heterocycles. The molecule has 0 aliphatic heterocycles. The maximum atomic E-state index is 9.84. The molecule has 0 heterocycles. The van der Waals surface area contributed by atoms with E-state index in [1.807, 2.05) is 0 Å². The monoisotopic (exact) mass is 142 g/mol. The molecule has 0 N–H and O–H groups in total. The van der Waals surface area contributed by atoms with E-state index in [-0.39, 0.29) is 0 Å². The zero-order chi connectivity index (χ0) is 7.98. The summed E-state index contributed by atoms with van der Waals surface area (Å²) in [5.41, 5.74) is 0.